The van der Waals surface area contributed by atoms with Crippen LogP contribution in [0.3, 0.4) is 0 Å². The quantitative estimate of drug-likeness (QED) is 0.847. The van der Waals surface area contributed by atoms with Crippen molar-refractivity contribution in [2.75, 3.05) is 13.1 Å². The van der Waals surface area contributed by atoms with Crippen LogP contribution < -0.4 is 0 Å². The van der Waals surface area contributed by atoms with Crippen LogP contribution in [0.5, 0.6) is 0 Å². The number of hydrogen-bond acceptors (Lipinski definition) is 5. The molecular formula is C12H17BrN2O3S. The van der Waals surface area contributed by atoms with Crippen molar-refractivity contribution in [1.82, 2.24) is 9.88 Å². The molecule has 0 aromatic carbocycles. The number of thiazole rings is 1. The SMILES string of the molecule is CC(C)(C)OC(=O)N1C[C@H](c2scnc2Br)[C@@H](O)C1. The van der Waals surface area contributed by atoms with Gasteiger partial charge in [-0.15, -0.1) is 11.3 Å². The molecule has 1 fully saturated rings. The van der Waals surface area contributed by atoms with E-state index in [4.69, 9.17) is 4.74 Å². The summed E-state index contributed by atoms with van der Waals surface area (Å²) in [6.45, 7) is 6.23. The standard InChI is InChI=1S/C12H17BrN2O3S/c1-12(2,3)18-11(17)15-4-7(8(16)5-15)9-10(13)14-6-19-9/h6-8,16H,4-5H2,1-3H3/t7-,8-/m0/s1. The highest BCUT2D eigenvalue weighted by molar-refractivity contribution is 9.10. The molecule has 1 aliphatic rings. The van der Waals surface area contributed by atoms with Gasteiger partial charge in [0.2, 0.25) is 0 Å². The van der Waals surface area contributed by atoms with E-state index in [0.717, 1.165) is 9.48 Å². The fraction of sp³-hybridized carbons (Fsp3) is 0.667. The van der Waals surface area contributed by atoms with E-state index >= 15 is 0 Å². The van der Waals surface area contributed by atoms with E-state index in [1.807, 2.05) is 20.8 Å². The third kappa shape index (κ3) is 3.46. The van der Waals surface area contributed by atoms with Crippen LogP contribution in [0.15, 0.2) is 10.1 Å². The van der Waals surface area contributed by atoms with Gasteiger partial charge in [-0.3, -0.25) is 0 Å². The zero-order valence-corrected chi connectivity index (χ0v) is 13.5. The molecular weight excluding hydrogens is 332 g/mol. The van der Waals surface area contributed by atoms with Gasteiger partial charge >= 0.3 is 6.09 Å². The first kappa shape index (κ1) is 14.7. The van der Waals surface area contributed by atoms with Crippen molar-refractivity contribution in [3.05, 3.63) is 15.0 Å². The smallest absolute Gasteiger partial charge is 0.410 e. The number of likely N-dealkylation sites (tertiary alicyclic amines) is 1. The van der Waals surface area contributed by atoms with E-state index in [1.54, 1.807) is 10.4 Å². The summed E-state index contributed by atoms with van der Waals surface area (Å²) < 4.78 is 6.06. The average molecular weight is 349 g/mol. The maximum atomic E-state index is 12.0. The number of aliphatic hydroxyl groups is 1. The van der Waals surface area contributed by atoms with Crippen LogP contribution in [0, 0.1) is 0 Å². The molecule has 2 rings (SSSR count). The first-order valence-corrected chi connectivity index (χ1v) is 7.70. The summed E-state index contributed by atoms with van der Waals surface area (Å²) in [5.74, 6) is -0.102. The molecule has 1 amide bonds. The Morgan fingerprint density at radius 3 is 2.79 bits per heavy atom. The molecule has 1 N–H and O–H groups in total. The lowest BCUT2D eigenvalue weighted by atomic mass is 10.1. The molecule has 0 aliphatic carbocycles. The van der Waals surface area contributed by atoms with Crippen molar-refractivity contribution in [3.8, 4) is 0 Å². The minimum Gasteiger partial charge on any atom is -0.444 e. The number of aromatic nitrogens is 1. The predicted octanol–water partition coefficient (Wildman–Crippen LogP) is 2.60. The molecule has 0 spiro atoms. The summed E-state index contributed by atoms with van der Waals surface area (Å²) >= 11 is 4.84. The topological polar surface area (TPSA) is 62.7 Å². The Labute approximate surface area is 124 Å². The number of halogens is 1. The maximum absolute atomic E-state index is 12.0. The summed E-state index contributed by atoms with van der Waals surface area (Å²) in [6, 6.07) is 0. The summed E-state index contributed by atoms with van der Waals surface area (Å²) in [5, 5.41) is 10.1. The normalized spacial score (nSPS) is 23.7. The summed E-state index contributed by atoms with van der Waals surface area (Å²) in [7, 11) is 0. The molecule has 0 unspecified atom stereocenters. The van der Waals surface area contributed by atoms with Crippen LogP contribution in [-0.2, 0) is 4.74 Å². The Morgan fingerprint density at radius 2 is 2.26 bits per heavy atom. The number of carbonyl (C=O) groups excluding carboxylic acids is 1. The largest absolute Gasteiger partial charge is 0.444 e. The zero-order chi connectivity index (χ0) is 14.2. The van der Waals surface area contributed by atoms with Crippen LogP contribution in [0.1, 0.15) is 31.6 Å². The van der Waals surface area contributed by atoms with Gasteiger partial charge in [0.1, 0.15) is 10.2 Å². The molecule has 0 bridgehead atoms. The van der Waals surface area contributed by atoms with Crippen molar-refractivity contribution >= 4 is 33.4 Å². The average Bonchev–Trinajstić information content (AvgIpc) is 2.82. The maximum Gasteiger partial charge on any atom is 0.410 e. The fourth-order valence-corrected chi connectivity index (χ4v) is 3.64. The lowest BCUT2D eigenvalue weighted by Crippen LogP contribution is -2.35. The van der Waals surface area contributed by atoms with Crippen molar-refractivity contribution < 1.29 is 14.6 Å². The van der Waals surface area contributed by atoms with Crippen molar-refractivity contribution in [2.45, 2.75) is 38.4 Å². The van der Waals surface area contributed by atoms with E-state index in [0.29, 0.717) is 13.1 Å². The van der Waals surface area contributed by atoms with Gasteiger partial charge in [-0.25, -0.2) is 9.78 Å². The van der Waals surface area contributed by atoms with Crippen LogP contribution in [0.2, 0.25) is 0 Å². The minimum absolute atomic E-state index is 0.102. The molecule has 2 atom stereocenters. The summed E-state index contributed by atoms with van der Waals surface area (Å²) in [5.41, 5.74) is 1.20. The minimum atomic E-state index is -0.579. The summed E-state index contributed by atoms with van der Waals surface area (Å²) in [6.07, 6.45) is -0.959. The molecule has 106 valence electrons. The molecule has 5 nitrogen and oxygen atoms in total. The number of ether oxygens (including phenoxy) is 1. The van der Waals surface area contributed by atoms with Gasteiger partial charge in [0, 0.05) is 17.3 Å². The van der Waals surface area contributed by atoms with E-state index in [9.17, 15) is 9.90 Å². The molecule has 1 saturated heterocycles. The monoisotopic (exact) mass is 348 g/mol. The van der Waals surface area contributed by atoms with Gasteiger partial charge in [-0.2, -0.15) is 0 Å². The van der Waals surface area contributed by atoms with Gasteiger partial charge in [-0.1, -0.05) is 0 Å². The number of carbonyl (C=O) groups is 1. The first-order chi connectivity index (χ1) is 8.78. The van der Waals surface area contributed by atoms with Gasteiger partial charge < -0.3 is 14.7 Å². The second-order valence-corrected chi connectivity index (χ2v) is 7.20. The van der Waals surface area contributed by atoms with Crippen LogP contribution in [-0.4, -0.2) is 45.9 Å². The van der Waals surface area contributed by atoms with Crippen LogP contribution >= 0.6 is 27.3 Å². The Balaban J connectivity index is 2.06. The van der Waals surface area contributed by atoms with Crippen LogP contribution in [0.25, 0.3) is 0 Å². The van der Waals surface area contributed by atoms with Crippen molar-refractivity contribution in [1.29, 1.82) is 0 Å². The summed E-state index contributed by atoms with van der Waals surface area (Å²) in [4.78, 5) is 18.6. The van der Waals surface area contributed by atoms with Gasteiger partial charge in [-0.05, 0) is 36.7 Å². The number of rotatable bonds is 1. The fourth-order valence-electron chi connectivity index (χ4n) is 2.00. The number of nitrogens with zero attached hydrogens (tertiary/aromatic N) is 2. The van der Waals surface area contributed by atoms with E-state index in [1.165, 1.54) is 11.3 Å². The van der Waals surface area contributed by atoms with Crippen molar-refractivity contribution in [3.63, 3.8) is 0 Å². The highest BCUT2D eigenvalue weighted by atomic mass is 79.9. The van der Waals surface area contributed by atoms with Gasteiger partial charge in [0.25, 0.3) is 0 Å². The van der Waals surface area contributed by atoms with Gasteiger partial charge in [0.15, 0.2) is 0 Å². The second-order valence-electron chi connectivity index (χ2n) is 5.57. The molecule has 1 aromatic rings. The molecule has 1 aliphatic heterocycles. The Morgan fingerprint density at radius 1 is 1.58 bits per heavy atom. The molecule has 0 radical (unpaired) electrons. The molecule has 0 saturated carbocycles. The molecule has 7 heteroatoms. The third-order valence-electron chi connectivity index (χ3n) is 2.83. The number of β-amino-alcohol motifs (C(OH)–C–C–N with tert-alkyl or cyclic N) is 1. The number of aliphatic hydroxyl groups excluding tert-OH is 1. The Kier molecular flexibility index (Phi) is 4.17. The zero-order valence-electron chi connectivity index (χ0n) is 11.1. The lowest BCUT2D eigenvalue weighted by Gasteiger charge is -2.24. The highest BCUT2D eigenvalue weighted by Crippen LogP contribution is 2.35. The Bertz CT molecular complexity index is 472. The number of amides is 1. The van der Waals surface area contributed by atoms with Crippen molar-refractivity contribution in [2.24, 2.45) is 0 Å². The van der Waals surface area contributed by atoms with E-state index in [2.05, 4.69) is 20.9 Å². The highest BCUT2D eigenvalue weighted by Gasteiger charge is 2.38. The van der Waals surface area contributed by atoms with Gasteiger partial charge in [0.05, 0.1) is 18.2 Å². The Hall–Kier alpha value is -0.660. The van der Waals surface area contributed by atoms with Crippen LogP contribution in [0.4, 0.5) is 4.79 Å². The van der Waals surface area contributed by atoms with E-state index in [-0.39, 0.29) is 12.0 Å². The molecule has 19 heavy (non-hydrogen) atoms. The van der Waals surface area contributed by atoms with E-state index < -0.39 is 11.7 Å². The second kappa shape index (κ2) is 5.38. The predicted molar refractivity (Wildman–Crippen MR) is 76.4 cm³/mol. The third-order valence-corrected chi connectivity index (χ3v) is 4.68. The molecule has 1 aromatic heterocycles. The lowest BCUT2D eigenvalue weighted by molar-refractivity contribution is 0.0270. The number of hydrogen-bond donors (Lipinski definition) is 1. The first-order valence-electron chi connectivity index (χ1n) is 6.03. The molecule has 2 heterocycles.